The molecule has 1 aliphatic carbocycles. The topological polar surface area (TPSA) is 0 Å². The third kappa shape index (κ3) is 4.15. The van der Waals surface area contributed by atoms with E-state index in [-0.39, 0.29) is 5.41 Å². The monoisotopic (exact) mass is 678 g/mol. The normalized spacial score (nSPS) is 13.3. The molecule has 0 radical (unpaired) electrons. The van der Waals surface area contributed by atoms with E-state index in [9.17, 15) is 0 Å². The maximum atomic E-state index is 2.54. The smallest absolute Gasteiger partial charge is 0.0437 e. The summed E-state index contributed by atoms with van der Waals surface area (Å²) in [5, 5.41) is 10.5. The van der Waals surface area contributed by atoms with Gasteiger partial charge in [0.15, 0.2) is 0 Å². The minimum atomic E-state index is -0.123. The van der Waals surface area contributed by atoms with Gasteiger partial charge in [-0.1, -0.05) is 166 Å². The number of hydrogen-bond donors (Lipinski definition) is 0. The van der Waals surface area contributed by atoms with E-state index < -0.39 is 0 Å². The first kappa shape index (κ1) is 29.7. The van der Waals surface area contributed by atoms with Gasteiger partial charge in [0.05, 0.1) is 0 Å². The molecular formula is C51H34S. The van der Waals surface area contributed by atoms with E-state index in [1.807, 2.05) is 11.3 Å². The predicted molar refractivity (Wildman–Crippen MR) is 226 cm³/mol. The Morgan fingerprint density at radius 2 is 0.942 bits per heavy atom. The van der Waals surface area contributed by atoms with Crippen molar-refractivity contribution in [3.8, 4) is 44.5 Å². The second-order valence-corrected chi connectivity index (χ2v) is 15.9. The van der Waals surface area contributed by atoms with Crippen LogP contribution in [0.5, 0.6) is 0 Å². The zero-order chi connectivity index (χ0) is 34.6. The van der Waals surface area contributed by atoms with Gasteiger partial charge in [0, 0.05) is 31.2 Å². The molecule has 52 heavy (non-hydrogen) atoms. The molecule has 1 aliphatic rings. The molecule has 10 aromatic rings. The standard InChI is InChI=1S/C51H34S/c1-51(2)44-23-13-12-18-36(44)41-30-43(50-48(49(41)51)42-28-34-16-6-7-17-35(34)29-45(42)52-50)47-39-21-10-8-19-37(39)46(38-20-9-11-22-40(38)47)33-26-24-32(25-27-33)31-14-4-3-5-15-31/h3-30H,1-2H3. The van der Waals surface area contributed by atoms with Crippen LogP contribution in [0, 0.1) is 0 Å². The Morgan fingerprint density at radius 1 is 0.404 bits per heavy atom. The maximum absolute atomic E-state index is 2.54. The van der Waals surface area contributed by atoms with Crippen molar-refractivity contribution in [3.05, 3.63) is 181 Å². The van der Waals surface area contributed by atoms with Gasteiger partial charge in [-0.05, 0) is 101 Å². The highest BCUT2D eigenvalue weighted by atomic mass is 32.1. The van der Waals surface area contributed by atoms with Gasteiger partial charge in [-0.3, -0.25) is 0 Å². The van der Waals surface area contributed by atoms with Crippen molar-refractivity contribution < 1.29 is 0 Å². The van der Waals surface area contributed by atoms with Crippen LogP contribution in [-0.2, 0) is 5.41 Å². The molecule has 0 nitrogen and oxygen atoms in total. The Hall–Kier alpha value is -6.02. The summed E-state index contributed by atoms with van der Waals surface area (Å²) in [4.78, 5) is 0. The van der Waals surface area contributed by atoms with E-state index in [1.165, 1.54) is 108 Å². The minimum Gasteiger partial charge on any atom is -0.134 e. The van der Waals surface area contributed by atoms with E-state index in [0.29, 0.717) is 0 Å². The Labute approximate surface area is 307 Å². The fourth-order valence-electron chi connectivity index (χ4n) is 9.27. The first-order chi connectivity index (χ1) is 25.6. The quantitative estimate of drug-likeness (QED) is 0.163. The molecule has 0 bridgehead atoms. The largest absolute Gasteiger partial charge is 0.134 e. The molecule has 0 atom stereocenters. The highest BCUT2D eigenvalue weighted by Crippen LogP contribution is 2.57. The van der Waals surface area contributed by atoms with Crippen LogP contribution in [0.25, 0.3) is 97.0 Å². The van der Waals surface area contributed by atoms with Crippen molar-refractivity contribution in [3.63, 3.8) is 0 Å². The zero-order valence-corrected chi connectivity index (χ0v) is 29.9. The molecule has 0 unspecified atom stereocenters. The molecule has 11 rings (SSSR count). The van der Waals surface area contributed by atoms with E-state index in [2.05, 4.69) is 184 Å². The molecule has 0 amide bonds. The third-order valence-corrected chi connectivity index (χ3v) is 12.8. The Morgan fingerprint density at radius 3 is 1.63 bits per heavy atom. The van der Waals surface area contributed by atoms with Crippen LogP contribution in [0.3, 0.4) is 0 Å². The Kier molecular flexibility index (Phi) is 6.27. The molecule has 0 saturated heterocycles. The van der Waals surface area contributed by atoms with Crippen LogP contribution >= 0.6 is 11.3 Å². The van der Waals surface area contributed by atoms with Crippen LogP contribution in [0.2, 0.25) is 0 Å². The molecule has 9 aromatic carbocycles. The zero-order valence-electron chi connectivity index (χ0n) is 29.1. The number of rotatable bonds is 3. The van der Waals surface area contributed by atoms with Gasteiger partial charge in [0.1, 0.15) is 0 Å². The van der Waals surface area contributed by atoms with Crippen molar-refractivity contribution in [1.82, 2.24) is 0 Å². The number of fused-ring (bicyclic) bond motifs is 10. The second kappa shape index (κ2) is 11.0. The van der Waals surface area contributed by atoms with Crippen molar-refractivity contribution in [2.45, 2.75) is 19.3 Å². The van der Waals surface area contributed by atoms with Crippen molar-refractivity contribution >= 4 is 63.8 Å². The molecular weight excluding hydrogens is 645 g/mol. The molecule has 0 saturated carbocycles. The lowest BCUT2D eigenvalue weighted by atomic mass is 9.79. The molecule has 244 valence electrons. The fraction of sp³-hybridized carbons (Fsp3) is 0.0588. The first-order valence-electron chi connectivity index (χ1n) is 18.2. The Bertz CT molecular complexity index is 3010. The third-order valence-electron chi connectivity index (χ3n) is 11.6. The summed E-state index contributed by atoms with van der Waals surface area (Å²) in [6, 6.07) is 63.3. The van der Waals surface area contributed by atoms with Crippen molar-refractivity contribution in [2.24, 2.45) is 0 Å². The lowest BCUT2D eigenvalue weighted by molar-refractivity contribution is 0.667. The van der Waals surface area contributed by atoms with Crippen molar-refractivity contribution in [2.75, 3.05) is 0 Å². The van der Waals surface area contributed by atoms with Crippen LogP contribution in [0.1, 0.15) is 25.0 Å². The summed E-state index contributed by atoms with van der Waals surface area (Å²) < 4.78 is 2.72. The fourth-order valence-corrected chi connectivity index (χ4v) is 10.5. The summed E-state index contributed by atoms with van der Waals surface area (Å²) in [7, 11) is 0. The van der Waals surface area contributed by atoms with E-state index in [4.69, 9.17) is 0 Å². The predicted octanol–water partition coefficient (Wildman–Crippen LogP) is 14.8. The first-order valence-corrected chi connectivity index (χ1v) is 19.0. The summed E-state index contributed by atoms with van der Waals surface area (Å²) >= 11 is 1.96. The SMILES string of the molecule is CC1(C)c2ccccc2-c2cc(-c3c4ccccc4c(-c4ccc(-c5ccccc5)cc4)c4ccccc34)c3sc4cc5ccccc5cc4c3c21. The molecule has 0 N–H and O–H groups in total. The average Bonchev–Trinajstić information content (AvgIpc) is 3.67. The number of hydrogen-bond acceptors (Lipinski definition) is 1. The molecule has 1 heteroatoms. The summed E-state index contributed by atoms with van der Waals surface area (Å²) in [5.41, 5.74) is 13.1. The number of benzene rings is 9. The van der Waals surface area contributed by atoms with Gasteiger partial charge in [-0.25, -0.2) is 0 Å². The van der Waals surface area contributed by atoms with Crippen LogP contribution in [0.4, 0.5) is 0 Å². The molecule has 1 aromatic heterocycles. The van der Waals surface area contributed by atoms with Crippen molar-refractivity contribution in [1.29, 1.82) is 0 Å². The van der Waals surface area contributed by atoms with Crippen LogP contribution in [-0.4, -0.2) is 0 Å². The second-order valence-electron chi connectivity index (χ2n) is 14.8. The molecule has 0 spiro atoms. The van der Waals surface area contributed by atoms with Gasteiger partial charge < -0.3 is 0 Å². The summed E-state index contributed by atoms with van der Waals surface area (Å²) in [6.45, 7) is 4.84. The van der Waals surface area contributed by atoms with Crippen LogP contribution < -0.4 is 0 Å². The molecule has 1 heterocycles. The molecule has 0 fully saturated rings. The van der Waals surface area contributed by atoms with Crippen LogP contribution in [0.15, 0.2) is 170 Å². The summed E-state index contributed by atoms with van der Waals surface area (Å²) in [5.74, 6) is 0. The van der Waals surface area contributed by atoms with Gasteiger partial charge in [0.25, 0.3) is 0 Å². The highest BCUT2D eigenvalue weighted by Gasteiger charge is 2.39. The number of thiophene rings is 1. The summed E-state index contributed by atoms with van der Waals surface area (Å²) in [6.07, 6.45) is 0. The highest BCUT2D eigenvalue weighted by molar-refractivity contribution is 7.26. The van der Waals surface area contributed by atoms with Gasteiger partial charge in [0.2, 0.25) is 0 Å². The van der Waals surface area contributed by atoms with Gasteiger partial charge >= 0.3 is 0 Å². The van der Waals surface area contributed by atoms with E-state index in [0.717, 1.165) is 0 Å². The Balaban J connectivity index is 1.27. The van der Waals surface area contributed by atoms with Gasteiger partial charge in [-0.2, -0.15) is 0 Å². The van der Waals surface area contributed by atoms with E-state index in [1.54, 1.807) is 0 Å². The van der Waals surface area contributed by atoms with Gasteiger partial charge in [-0.15, -0.1) is 11.3 Å². The minimum absolute atomic E-state index is 0.123. The molecule has 0 aliphatic heterocycles. The average molecular weight is 679 g/mol. The lowest BCUT2D eigenvalue weighted by Crippen LogP contribution is -2.15. The lowest BCUT2D eigenvalue weighted by Gasteiger charge is -2.24. The van der Waals surface area contributed by atoms with E-state index >= 15 is 0 Å². The maximum Gasteiger partial charge on any atom is 0.0437 e.